The van der Waals surface area contributed by atoms with E-state index in [4.69, 9.17) is 5.11 Å². The van der Waals surface area contributed by atoms with Crippen LogP contribution in [-0.4, -0.2) is 27.5 Å². The third kappa shape index (κ3) is 3.06. The quantitative estimate of drug-likeness (QED) is 0.760. The molecule has 1 heterocycles. The number of hydrogen-bond acceptors (Lipinski definition) is 4. The SMILES string of the molecule is CC(O)Cn1ncc(NCC2CC2)cc1=O. The fourth-order valence-corrected chi connectivity index (χ4v) is 1.50. The number of hydrogen-bond donors (Lipinski definition) is 2. The molecule has 1 unspecified atom stereocenters. The van der Waals surface area contributed by atoms with Crippen LogP contribution in [0.3, 0.4) is 0 Å². The molecule has 1 fully saturated rings. The monoisotopic (exact) mass is 223 g/mol. The summed E-state index contributed by atoms with van der Waals surface area (Å²) in [5.74, 6) is 0.764. The number of rotatable bonds is 5. The lowest BCUT2D eigenvalue weighted by Crippen LogP contribution is -2.27. The van der Waals surface area contributed by atoms with Gasteiger partial charge in [-0.1, -0.05) is 0 Å². The summed E-state index contributed by atoms with van der Waals surface area (Å²) < 4.78 is 1.27. The lowest BCUT2D eigenvalue weighted by molar-refractivity contribution is 0.166. The summed E-state index contributed by atoms with van der Waals surface area (Å²) in [5.41, 5.74) is 0.584. The molecule has 1 aromatic heterocycles. The molecule has 16 heavy (non-hydrogen) atoms. The van der Waals surface area contributed by atoms with E-state index in [1.165, 1.54) is 23.6 Å². The molecule has 88 valence electrons. The van der Waals surface area contributed by atoms with Gasteiger partial charge in [0.05, 0.1) is 24.5 Å². The van der Waals surface area contributed by atoms with Crippen molar-refractivity contribution in [3.05, 3.63) is 22.6 Å². The molecule has 1 atom stereocenters. The van der Waals surface area contributed by atoms with Crippen molar-refractivity contribution in [1.82, 2.24) is 9.78 Å². The average molecular weight is 223 g/mol. The molecule has 5 heteroatoms. The molecular weight excluding hydrogens is 206 g/mol. The maximum absolute atomic E-state index is 11.6. The van der Waals surface area contributed by atoms with Crippen LogP contribution in [0.5, 0.6) is 0 Å². The standard InChI is InChI=1S/C11H17N3O2/c1-8(15)7-14-11(16)4-10(6-13-14)12-5-9-2-3-9/h4,6,8-9,12,15H,2-3,5,7H2,1H3. The smallest absolute Gasteiger partial charge is 0.268 e. The zero-order chi connectivity index (χ0) is 11.5. The second kappa shape index (κ2) is 4.65. The fraction of sp³-hybridized carbons (Fsp3) is 0.636. The molecule has 0 saturated heterocycles. The van der Waals surface area contributed by atoms with Crippen LogP contribution in [0.1, 0.15) is 19.8 Å². The predicted octanol–water partition coefficient (Wildman–Crippen LogP) is 0.446. The van der Waals surface area contributed by atoms with Crippen LogP contribution >= 0.6 is 0 Å². The van der Waals surface area contributed by atoms with Crippen molar-refractivity contribution in [2.75, 3.05) is 11.9 Å². The molecular formula is C11H17N3O2. The van der Waals surface area contributed by atoms with E-state index in [1.54, 1.807) is 13.1 Å². The fourth-order valence-electron chi connectivity index (χ4n) is 1.50. The van der Waals surface area contributed by atoms with E-state index in [-0.39, 0.29) is 12.1 Å². The van der Waals surface area contributed by atoms with Crippen molar-refractivity contribution >= 4 is 5.69 Å². The van der Waals surface area contributed by atoms with Gasteiger partial charge >= 0.3 is 0 Å². The lowest BCUT2D eigenvalue weighted by Gasteiger charge is -2.08. The number of aliphatic hydroxyl groups is 1. The Bertz CT molecular complexity index is 410. The Balaban J connectivity index is 2.00. The number of anilines is 1. The molecule has 5 nitrogen and oxygen atoms in total. The van der Waals surface area contributed by atoms with Gasteiger partial charge in [0.25, 0.3) is 5.56 Å². The van der Waals surface area contributed by atoms with Crippen molar-refractivity contribution in [2.45, 2.75) is 32.4 Å². The molecule has 2 rings (SSSR count). The molecule has 1 aliphatic rings. The van der Waals surface area contributed by atoms with Crippen LogP contribution in [0.25, 0.3) is 0 Å². The molecule has 0 spiro atoms. The Kier molecular flexibility index (Phi) is 3.24. The minimum absolute atomic E-state index is 0.179. The Morgan fingerprint density at radius 3 is 3.00 bits per heavy atom. The minimum Gasteiger partial charge on any atom is -0.391 e. The van der Waals surface area contributed by atoms with E-state index >= 15 is 0 Å². The minimum atomic E-state index is -0.560. The normalized spacial score (nSPS) is 17.1. The van der Waals surface area contributed by atoms with Crippen molar-refractivity contribution in [3.8, 4) is 0 Å². The van der Waals surface area contributed by atoms with E-state index in [2.05, 4.69) is 10.4 Å². The number of aromatic nitrogens is 2. The van der Waals surface area contributed by atoms with Crippen LogP contribution in [0.15, 0.2) is 17.1 Å². The zero-order valence-electron chi connectivity index (χ0n) is 9.39. The first-order chi connectivity index (χ1) is 7.65. The van der Waals surface area contributed by atoms with E-state index in [9.17, 15) is 4.79 Å². The van der Waals surface area contributed by atoms with Crippen molar-refractivity contribution in [1.29, 1.82) is 0 Å². The summed E-state index contributed by atoms with van der Waals surface area (Å²) >= 11 is 0. The van der Waals surface area contributed by atoms with E-state index in [0.717, 1.165) is 18.2 Å². The highest BCUT2D eigenvalue weighted by Crippen LogP contribution is 2.28. The van der Waals surface area contributed by atoms with Crippen molar-refractivity contribution in [2.24, 2.45) is 5.92 Å². The summed E-state index contributed by atoms with van der Waals surface area (Å²) in [6, 6.07) is 1.53. The Hall–Kier alpha value is -1.36. The van der Waals surface area contributed by atoms with E-state index in [1.807, 2.05) is 0 Å². The number of aliphatic hydroxyl groups excluding tert-OH is 1. The molecule has 0 aliphatic heterocycles. The van der Waals surface area contributed by atoms with Crippen molar-refractivity contribution < 1.29 is 5.11 Å². The highest BCUT2D eigenvalue weighted by Gasteiger charge is 2.20. The van der Waals surface area contributed by atoms with Gasteiger partial charge in [0.1, 0.15) is 0 Å². The van der Waals surface area contributed by atoms with Crippen LogP contribution < -0.4 is 10.9 Å². The average Bonchev–Trinajstić information content (AvgIpc) is 3.02. The van der Waals surface area contributed by atoms with Gasteiger partial charge < -0.3 is 10.4 Å². The topological polar surface area (TPSA) is 67.2 Å². The van der Waals surface area contributed by atoms with Gasteiger partial charge in [0.2, 0.25) is 0 Å². The van der Waals surface area contributed by atoms with Gasteiger partial charge in [-0.05, 0) is 25.7 Å². The van der Waals surface area contributed by atoms with Gasteiger partial charge in [0, 0.05) is 12.6 Å². The van der Waals surface area contributed by atoms with Gasteiger partial charge in [-0.15, -0.1) is 0 Å². The molecule has 0 aromatic carbocycles. The third-order valence-corrected chi connectivity index (χ3v) is 2.60. The van der Waals surface area contributed by atoms with Crippen molar-refractivity contribution in [3.63, 3.8) is 0 Å². The highest BCUT2D eigenvalue weighted by molar-refractivity contribution is 5.38. The highest BCUT2D eigenvalue weighted by atomic mass is 16.3. The molecule has 2 N–H and O–H groups in total. The van der Waals surface area contributed by atoms with Gasteiger partial charge in [-0.2, -0.15) is 5.10 Å². The lowest BCUT2D eigenvalue weighted by atomic mass is 10.3. The first kappa shape index (κ1) is 11.1. The summed E-state index contributed by atoms with van der Waals surface area (Å²) in [5, 5.41) is 16.4. The molecule has 1 aliphatic carbocycles. The number of nitrogens with one attached hydrogen (secondary N) is 1. The summed E-state index contributed by atoms with van der Waals surface area (Å²) in [4.78, 5) is 11.6. The maximum atomic E-state index is 11.6. The van der Waals surface area contributed by atoms with Gasteiger partial charge in [0.15, 0.2) is 0 Å². The molecule has 0 amide bonds. The van der Waals surface area contributed by atoms with Gasteiger partial charge in [-0.3, -0.25) is 4.79 Å². The predicted molar refractivity (Wildman–Crippen MR) is 61.4 cm³/mol. The third-order valence-electron chi connectivity index (χ3n) is 2.60. The van der Waals surface area contributed by atoms with Crippen LogP contribution in [-0.2, 0) is 6.54 Å². The molecule has 1 saturated carbocycles. The van der Waals surface area contributed by atoms with E-state index in [0.29, 0.717) is 0 Å². The Morgan fingerprint density at radius 1 is 1.69 bits per heavy atom. The first-order valence-electron chi connectivity index (χ1n) is 5.64. The Labute approximate surface area is 94.1 Å². The maximum Gasteiger partial charge on any atom is 0.268 e. The molecule has 0 bridgehead atoms. The van der Waals surface area contributed by atoms with Gasteiger partial charge in [-0.25, -0.2) is 4.68 Å². The zero-order valence-corrected chi connectivity index (χ0v) is 9.39. The second-order valence-electron chi connectivity index (χ2n) is 4.44. The van der Waals surface area contributed by atoms with Crippen LogP contribution in [0.2, 0.25) is 0 Å². The van der Waals surface area contributed by atoms with Crippen LogP contribution in [0, 0.1) is 5.92 Å². The summed E-state index contributed by atoms with van der Waals surface area (Å²) in [6.07, 6.45) is 3.63. The van der Waals surface area contributed by atoms with E-state index < -0.39 is 6.10 Å². The second-order valence-corrected chi connectivity index (χ2v) is 4.44. The first-order valence-corrected chi connectivity index (χ1v) is 5.64. The Morgan fingerprint density at radius 2 is 2.44 bits per heavy atom. The summed E-state index contributed by atoms with van der Waals surface area (Å²) in [6.45, 7) is 2.79. The largest absolute Gasteiger partial charge is 0.391 e. The molecule has 1 aromatic rings. The number of nitrogens with zero attached hydrogens (tertiary/aromatic N) is 2. The molecule has 0 radical (unpaired) electrons. The summed E-state index contributed by atoms with van der Waals surface area (Å²) in [7, 11) is 0. The van der Waals surface area contributed by atoms with Crippen LogP contribution in [0.4, 0.5) is 5.69 Å².